The van der Waals surface area contributed by atoms with Crippen LogP contribution in [0.1, 0.15) is 0 Å². The lowest BCUT2D eigenvalue weighted by atomic mass is 10.3. The predicted octanol–water partition coefficient (Wildman–Crippen LogP) is 2.99. The van der Waals surface area contributed by atoms with Crippen LogP contribution in [0.15, 0.2) is 21.1 Å². The van der Waals surface area contributed by atoms with Crippen LogP contribution in [0.25, 0.3) is 0 Å². The first-order valence-corrected chi connectivity index (χ1v) is 4.81. The van der Waals surface area contributed by atoms with Gasteiger partial charge in [0.25, 0.3) is 0 Å². The molecule has 0 aliphatic rings. The molecular weight excluding hydrogens is 288 g/mol. The van der Waals surface area contributed by atoms with E-state index in [1.807, 2.05) is 0 Å². The maximum absolute atomic E-state index is 5.28. The first-order valence-electron chi connectivity index (χ1n) is 3.22. The van der Waals surface area contributed by atoms with Gasteiger partial charge in [0.05, 0.1) is 8.95 Å². The van der Waals surface area contributed by atoms with Crippen LogP contribution >= 0.6 is 31.9 Å². The number of rotatable bonds is 3. The molecule has 65 valence electrons. The van der Waals surface area contributed by atoms with Gasteiger partial charge in [-0.2, -0.15) is 0 Å². The molecule has 0 aliphatic carbocycles. The van der Waals surface area contributed by atoms with Crippen molar-refractivity contribution in [2.45, 2.75) is 0 Å². The first kappa shape index (κ1) is 10.0. The Labute approximate surface area is 88.1 Å². The third kappa shape index (κ3) is 2.47. The zero-order valence-electron chi connectivity index (χ0n) is 6.43. The van der Waals surface area contributed by atoms with Gasteiger partial charge in [-0.3, -0.25) is 0 Å². The number of hydrogen-bond donors (Lipinski definition) is 0. The van der Waals surface area contributed by atoms with Crippen molar-refractivity contribution in [1.29, 1.82) is 0 Å². The molecule has 0 bridgehead atoms. The van der Waals surface area contributed by atoms with Crippen molar-refractivity contribution in [3.8, 4) is 5.75 Å². The van der Waals surface area contributed by atoms with E-state index in [-0.39, 0.29) is 6.79 Å². The summed E-state index contributed by atoms with van der Waals surface area (Å²) in [6.45, 7) is 0.237. The smallest absolute Gasteiger partial charge is 0.188 e. The fourth-order valence-corrected chi connectivity index (χ4v) is 1.88. The van der Waals surface area contributed by atoms with Crippen LogP contribution < -0.4 is 4.74 Å². The number of benzene rings is 1. The van der Waals surface area contributed by atoms with Gasteiger partial charge in [0.1, 0.15) is 0 Å². The van der Waals surface area contributed by atoms with Crippen molar-refractivity contribution in [3.63, 3.8) is 0 Å². The summed E-state index contributed by atoms with van der Waals surface area (Å²) in [4.78, 5) is 0. The Balaban J connectivity index is 2.81. The SMILES string of the molecule is COCOc1c(Br)c[c]cc1Br. The second-order valence-electron chi connectivity index (χ2n) is 2.03. The van der Waals surface area contributed by atoms with Gasteiger partial charge in [0.2, 0.25) is 0 Å². The third-order valence-corrected chi connectivity index (χ3v) is 2.35. The monoisotopic (exact) mass is 293 g/mol. The molecule has 0 aromatic heterocycles. The zero-order valence-corrected chi connectivity index (χ0v) is 9.61. The first-order chi connectivity index (χ1) is 5.75. The number of methoxy groups -OCH3 is 1. The van der Waals surface area contributed by atoms with E-state index in [0.29, 0.717) is 0 Å². The number of halogens is 2. The average molecular weight is 295 g/mol. The Hall–Kier alpha value is -0.0600. The molecule has 0 heterocycles. The van der Waals surface area contributed by atoms with Gasteiger partial charge in [-0.05, 0) is 50.1 Å². The van der Waals surface area contributed by atoms with Crippen molar-refractivity contribution >= 4 is 31.9 Å². The minimum absolute atomic E-state index is 0.237. The van der Waals surface area contributed by atoms with Crippen LogP contribution in [0, 0.1) is 6.07 Å². The Morgan fingerprint density at radius 2 is 1.92 bits per heavy atom. The molecule has 0 spiro atoms. The van der Waals surface area contributed by atoms with E-state index in [0.717, 1.165) is 14.7 Å². The topological polar surface area (TPSA) is 18.5 Å². The summed E-state index contributed by atoms with van der Waals surface area (Å²) in [5, 5.41) is 0. The molecule has 1 radical (unpaired) electrons. The van der Waals surface area contributed by atoms with E-state index < -0.39 is 0 Å². The highest BCUT2D eigenvalue weighted by Gasteiger charge is 2.04. The molecule has 1 aromatic rings. The zero-order chi connectivity index (χ0) is 8.97. The second kappa shape index (κ2) is 4.84. The van der Waals surface area contributed by atoms with Gasteiger partial charge in [0, 0.05) is 7.11 Å². The summed E-state index contributed by atoms with van der Waals surface area (Å²) in [6, 6.07) is 6.51. The van der Waals surface area contributed by atoms with Crippen LogP contribution in [0.2, 0.25) is 0 Å². The van der Waals surface area contributed by atoms with Crippen LogP contribution in [0.4, 0.5) is 0 Å². The lowest BCUT2D eigenvalue weighted by Gasteiger charge is -2.07. The lowest BCUT2D eigenvalue weighted by molar-refractivity contribution is 0.0500. The average Bonchev–Trinajstić information content (AvgIpc) is 2.04. The molecule has 0 saturated carbocycles. The second-order valence-corrected chi connectivity index (χ2v) is 3.74. The maximum Gasteiger partial charge on any atom is 0.188 e. The molecule has 0 amide bonds. The molecule has 1 rings (SSSR count). The Bertz CT molecular complexity index is 243. The van der Waals surface area contributed by atoms with Gasteiger partial charge < -0.3 is 9.47 Å². The minimum atomic E-state index is 0.237. The highest BCUT2D eigenvalue weighted by Crippen LogP contribution is 2.32. The summed E-state index contributed by atoms with van der Waals surface area (Å²) in [5.41, 5.74) is 0. The van der Waals surface area contributed by atoms with Crippen molar-refractivity contribution < 1.29 is 9.47 Å². The van der Waals surface area contributed by atoms with Crippen LogP contribution in [-0.4, -0.2) is 13.9 Å². The van der Waals surface area contributed by atoms with E-state index >= 15 is 0 Å². The predicted molar refractivity (Wildman–Crippen MR) is 53.2 cm³/mol. The van der Waals surface area contributed by atoms with Crippen LogP contribution in [0.5, 0.6) is 5.75 Å². The van der Waals surface area contributed by atoms with Crippen molar-refractivity contribution in [1.82, 2.24) is 0 Å². The molecule has 12 heavy (non-hydrogen) atoms. The van der Waals surface area contributed by atoms with Gasteiger partial charge in [-0.15, -0.1) is 0 Å². The van der Waals surface area contributed by atoms with Gasteiger partial charge in [-0.25, -0.2) is 0 Å². The quantitative estimate of drug-likeness (QED) is 0.798. The van der Waals surface area contributed by atoms with E-state index in [1.54, 1.807) is 19.2 Å². The summed E-state index contributed by atoms with van der Waals surface area (Å²) in [7, 11) is 1.58. The molecule has 0 unspecified atom stereocenters. The summed E-state index contributed by atoms with van der Waals surface area (Å²) < 4.78 is 11.8. The summed E-state index contributed by atoms with van der Waals surface area (Å²) >= 11 is 6.67. The fourth-order valence-electron chi connectivity index (χ4n) is 0.689. The highest BCUT2D eigenvalue weighted by molar-refractivity contribution is 9.11. The summed E-state index contributed by atoms with van der Waals surface area (Å²) in [5.74, 6) is 0.732. The van der Waals surface area contributed by atoms with Gasteiger partial charge in [0.15, 0.2) is 12.5 Å². The fraction of sp³-hybridized carbons (Fsp3) is 0.250. The lowest BCUT2D eigenvalue weighted by Crippen LogP contribution is -1.99. The normalized spacial score (nSPS) is 9.92. The molecule has 0 aliphatic heterocycles. The standard InChI is InChI=1S/C8H7Br2O2/c1-11-5-12-8-6(9)3-2-4-7(8)10/h3-4H,5H2,1H3. The molecule has 4 heteroatoms. The number of hydrogen-bond acceptors (Lipinski definition) is 2. The largest absolute Gasteiger partial charge is 0.465 e. The molecule has 2 nitrogen and oxygen atoms in total. The Morgan fingerprint density at radius 3 is 2.42 bits per heavy atom. The Morgan fingerprint density at radius 1 is 1.33 bits per heavy atom. The van der Waals surface area contributed by atoms with Crippen molar-refractivity contribution in [2.24, 2.45) is 0 Å². The molecule has 0 fully saturated rings. The highest BCUT2D eigenvalue weighted by atomic mass is 79.9. The molecule has 0 N–H and O–H groups in total. The van der Waals surface area contributed by atoms with Crippen molar-refractivity contribution in [2.75, 3.05) is 13.9 Å². The van der Waals surface area contributed by atoms with E-state index in [9.17, 15) is 0 Å². The van der Waals surface area contributed by atoms with E-state index in [1.165, 1.54) is 0 Å². The van der Waals surface area contributed by atoms with E-state index in [4.69, 9.17) is 9.47 Å². The molecule has 1 aromatic carbocycles. The molecule has 0 atom stereocenters. The van der Waals surface area contributed by atoms with Gasteiger partial charge in [-0.1, -0.05) is 0 Å². The summed E-state index contributed by atoms with van der Waals surface area (Å²) in [6.07, 6.45) is 0. The third-order valence-electron chi connectivity index (χ3n) is 1.18. The van der Waals surface area contributed by atoms with Crippen molar-refractivity contribution in [3.05, 3.63) is 27.1 Å². The molecular formula is C8H7Br2O2. The number of ether oxygens (including phenoxy) is 2. The Kier molecular flexibility index (Phi) is 4.05. The van der Waals surface area contributed by atoms with E-state index in [2.05, 4.69) is 37.9 Å². The van der Waals surface area contributed by atoms with Crippen LogP contribution in [0.3, 0.4) is 0 Å². The minimum Gasteiger partial charge on any atom is -0.465 e. The molecule has 0 saturated heterocycles. The van der Waals surface area contributed by atoms with Crippen LogP contribution in [-0.2, 0) is 4.74 Å². The van der Waals surface area contributed by atoms with Gasteiger partial charge >= 0.3 is 0 Å². The maximum atomic E-state index is 5.28.